The summed E-state index contributed by atoms with van der Waals surface area (Å²) in [6.07, 6.45) is 7.88. The Balaban J connectivity index is 1.93. The molecule has 1 unspecified atom stereocenters. The first-order valence-corrected chi connectivity index (χ1v) is 10.2. The summed E-state index contributed by atoms with van der Waals surface area (Å²) >= 11 is 0. The Kier molecular flexibility index (Phi) is 5.94. The number of hydrogen-bond acceptors (Lipinski definition) is 5. The summed E-state index contributed by atoms with van der Waals surface area (Å²) in [4.78, 5) is 4.85. The van der Waals surface area contributed by atoms with E-state index in [-0.39, 0.29) is 10.6 Å². The molecule has 0 aliphatic carbocycles. The van der Waals surface area contributed by atoms with E-state index < -0.39 is 15.8 Å². The van der Waals surface area contributed by atoms with Crippen molar-refractivity contribution in [1.29, 1.82) is 0 Å². The van der Waals surface area contributed by atoms with Gasteiger partial charge in [0, 0.05) is 17.9 Å². The summed E-state index contributed by atoms with van der Waals surface area (Å²) in [6.45, 7) is 0. The van der Waals surface area contributed by atoms with Crippen molar-refractivity contribution in [2.24, 2.45) is 0 Å². The molecule has 136 valence electrons. The lowest BCUT2D eigenvalue weighted by atomic mass is 10.0. The molecule has 0 fully saturated rings. The fraction of sp³-hybridized carbons (Fsp3) is 0.190. The van der Waals surface area contributed by atoms with Crippen LogP contribution in [0.5, 0.6) is 0 Å². The number of aromatic nitrogens is 3. The van der Waals surface area contributed by atoms with Crippen molar-refractivity contribution in [2.75, 3.05) is 5.75 Å². The van der Waals surface area contributed by atoms with E-state index in [0.717, 1.165) is 5.56 Å². The molecule has 2 aromatic carbocycles. The summed E-state index contributed by atoms with van der Waals surface area (Å²) in [7, 11) is -3.49. The first-order chi connectivity index (χ1) is 13.1. The molecule has 0 aliphatic rings. The predicted octanol–water partition coefficient (Wildman–Crippen LogP) is 3.51. The lowest BCUT2D eigenvalue weighted by molar-refractivity contribution is 0.572. The zero-order valence-electron chi connectivity index (χ0n) is 14.7. The second-order valence-electron chi connectivity index (χ2n) is 6.10. The summed E-state index contributed by atoms with van der Waals surface area (Å²) in [5, 5.41) is 8.14. The fourth-order valence-electron chi connectivity index (χ4n) is 2.77. The van der Waals surface area contributed by atoms with E-state index in [4.69, 9.17) is 6.42 Å². The zero-order chi connectivity index (χ0) is 19.1. The first kappa shape index (κ1) is 18.7. The molecule has 0 saturated heterocycles. The Morgan fingerprint density at radius 2 is 1.67 bits per heavy atom. The third-order valence-corrected chi connectivity index (χ3v) is 6.00. The Morgan fingerprint density at radius 1 is 1.00 bits per heavy atom. The van der Waals surface area contributed by atoms with Crippen LogP contribution in [0.1, 0.15) is 24.6 Å². The van der Waals surface area contributed by atoms with Crippen molar-refractivity contribution in [3.8, 4) is 23.6 Å². The molecule has 0 aliphatic heterocycles. The minimum Gasteiger partial charge on any atom is -0.229 e. The molecule has 0 bridgehead atoms. The van der Waals surface area contributed by atoms with E-state index in [2.05, 4.69) is 21.1 Å². The average molecular weight is 377 g/mol. The average Bonchev–Trinajstić information content (AvgIpc) is 2.72. The van der Waals surface area contributed by atoms with Crippen LogP contribution in [0.25, 0.3) is 11.3 Å². The van der Waals surface area contributed by atoms with Crippen LogP contribution in [0.4, 0.5) is 0 Å². The molecule has 27 heavy (non-hydrogen) atoms. The number of hydrogen-bond donors (Lipinski definition) is 0. The maximum Gasteiger partial charge on any atom is 0.179 e. The molecular weight excluding hydrogens is 358 g/mol. The molecular formula is C21H19N3O2S. The van der Waals surface area contributed by atoms with Crippen LogP contribution in [0.2, 0.25) is 0 Å². The fourth-order valence-corrected chi connectivity index (χ4v) is 4.38. The number of benzene rings is 2. The van der Waals surface area contributed by atoms with Crippen molar-refractivity contribution in [1.82, 2.24) is 15.2 Å². The molecule has 0 spiro atoms. The number of rotatable bonds is 7. The summed E-state index contributed by atoms with van der Waals surface area (Å²) < 4.78 is 25.6. The van der Waals surface area contributed by atoms with Gasteiger partial charge < -0.3 is 0 Å². The Morgan fingerprint density at radius 3 is 2.33 bits per heavy atom. The van der Waals surface area contributed by atoms with Crippen LogP contribution < -0.4 is 0 Å². The first-order valence-electron chi connectivity index (χ1n) is 8.56. The lowest BCUT2D eigenvalue weighted by Crippen LogP contribution is -2.18. The van der Waals surface area contributed by atoms with E-state index in [1.165, 1.54) is 0 Å². The molecule has 0 radical (unpaired) electrons. The van der Waals surface area contributed by atoms with E-state index in [1.54, 1.807) is 36.5 Å². The van der Waals surface area contributed by atoms with Crippen molar-refractivity contribution in [3.63, 3.8) is 0 Å². The maximum atomic E-state index is 12.8. The van der Waals surface area contributed by atoms with Gasteiger partial charge in [0.2, 0.25) is 0 Å². The van der Waals surface area contributed by atoms with Crippen LogP contribution in [-0.4, -0.2) is 29.4 Å². The van der Waals surface area contributed by atoms with Gasteiger partial charge >= 0.3 is 0 Å². The van der Waals surface area contributed by atoms with E-state index in [9.17, 15) is 8.42 Å². The smallest absolute Gasteiger partial charge is 0.179 e. The molecule has 5 nitrogen and oxygen atoms in total. The molecule has 6 heteroatoms. The largest absolute Gasteiger partial charge is 0.229 e. The lowest BCUT2D eigenvalue weighted by Gasteiger charge is -2.15. The van der Waals surface area contributed by atoms with E-state index >= 15 is 0 Å². The molecule has 1 atom stereocenters. The van der Waals surface area contributed by atoms with Crippen molar-refractivity contribution in [2.45, 2.75) is 23.7 Å². The highest BCUT2D eigenvalue weighted by molar-refractivity contribution is 7.91. The van der Waals surface area contributed by atoms with Gasteiger partial charge in [-0.2, -0.15) is 5.10 Å². The second-order valence-corrected chi connectivity index (χ2v) is 8.13. The van der Waals surface area contributed by atoms with Gasteiger partial charge in [0.05, 0.1) is 22.5 Å². The van der Waals surface area contributed by atoms with Crippen molar-refractivity contribution in [3.05, 3.63) is 72.7 Å². The Hall–Kier alpha value is -3.04. The third kappa shape index (κ3) is 4.78. The van der Waals surface area contributed by atoms with Gasteiger partial charge in [-0.3, -0.25) is 0 Å². The van der Waals surface area contributed by atoms with Crippen molar-refractivity contribution >= 4 is 9.84 Å². The normalized spacial score (nSPS) is 12.3. The summed E-state index contributed by atoms with van der Waals surface area (Å²) in [5.74, 6) is 2.42. The second kappa shape index (κ2) is 8.56. The Bertz CT molecular complexity index is 1030. The van der Waals surface area contributed by atoms with Crippen LogP contribution in [0.3, 0.4) is 0 Å². The molecule has 0 N–H and O–H groups in total. The highest BCUT2D eigenvalue weighted by Gasteiger charge is 2.25. The summed E-state index contributed by atoms with van der Waals surface area (Å²) in [6, 6.07) is 18.0. The van der Waals surface area contributed by atoms with Gasteiger partial charge in [0.25, 0.3) is 0 Å². The van der Waals surface area contributed by atoms with Crippen LogP contribution in [0.15, 0.2) is 71.8 Å². The molecule has 3 rings (SSSR count). The molecule has 0 amide bonds. The van der Waals surface area contributed by atoms with Gasteiger partial charge in [0.15, 0.2) is 15.7 Å². The summed E-state index contributed by atoms with van der Waals surface area (Å²) in [5.41, 5.74) is 1.55. The van der Waals surface area contributed by atoms with Crippen molar-refractivity contribution < 1.29 is 8.42 Å². The minimum atomic E-state index is -3.49. The van der Waals surface area contributed by atoms with Gasteiger partial charge in [-0.15, -0.1) is 17.4 Å². The van der Waals surface area contributed by atoms with Gasteiger partial charge in [0.1, 0.15) is 0 Å². The highest BCUT2D eigenvalue weighted by atomic mass is 32.2. The van der Waals surface area contributed by atoms with E-state index in [0.29, 0.717) is 24.4 Å². The quantitative estimate of drug-likeness (QED) is 0.589. The topological polar surface area (TPSA) is 72.8 Å². The third-order valence-electron chi connectivity index (χ3n) is 4.17. The monoisotopic (exact) mass is 377 g/mol. The van der Waals surface area contributed by atoms with Crippen LogP contribution in [0, 0.1) is 12.3 Å². The van der Waals surface area contributed by atoms with E-state index in [1.807, 2.05) is 30.3 Å². The predicted molar refractivity (Wildman–Crippen MR) is 105 cm³/mol. The number of nitrogens with zero attached hydrogens (tertiary/aromatic N) is 3. The maximum absolute atomic E-state index is 12.8. The van der Waals surface area contributed by atoms with Gasteiger partial charge in [-0.25, -0.2) is 13.4 Å². The van der Waals surface area contributed by atoms with Crippen LogP contribution in [-0.2, 0) is 9.84 Å². The highest BCUT2D eigenvalue weighted by Crippen LogP contribution is 2.25. The minimum absolute atomic E-state index is 0.112. The zero-order valence-corrected chi connectivity index (χ0v) is 15.5. The molecule has 1 heterocycles. The van der Waals surface area contributed by atoms with Crippen LogP contribution >= 0.6 is 0 Å². The Labute approximate surface area is 159 Å². The molecule has 1 aromatic heterocycles. The van der Waals surface area contributed by atoms with Gasteiger partial charge in [-0.1, -0.05) is 48.5 Å². The van der Waals surface area contributed by atoms with Gasteiger partial charge in [-0.05, 0) is 18.6 Å². The molecule has 3 aromatic rings. The molecule has 0 saturated carbocycles. The number of sulfone groups is 1. The number of terminal acetylenes is 1. The standard InChI is InChI=1S/C21H19N3O2S/c1-2-3-10-18(16-27(25,26)19-13-8-5-9-14-19)21-23-20(15-22-24-21)17-11-6-4-7-12-17/h1,4-9,11-15,18H,3,10,16H2. The SMILES string of the molecule is C#CCCC(CS(=O)(=O)c1ccccc1)c1nncc(-c2ccccc2)n1.